The van der Waals surface area contributed by atoms with Crippen LogP contribution in [-0.4, -0.2) is 37.6 Å². The molecule has 2 rings (SSSR count). The zero-order valence-corrected chi connectivity index (χ0v) is 16.4. The quantitative estimate of drug-likeness (QED) is 0.625. The summed E-state index contributed by atoms with van der Waals surface area (Å²) in [6.45, 7) is 0.0600. The van der Waals surface area contributed by atoms with Crippen molar-refractivity contribution in [2.24, 2.45) is 0 Å². The number of amides is 2. The van der Waals surface area contributed by atoms with Crippen LogP contribution in [0.3, 0.4) is 0 Å². The molecule has 7 nitrogen and oxygen atoms in total. The van der Waals surface area contributed by atoms with E-state index in [9.17, 15) is 23.2 Å². The molecule has 0 unspecified atom stereocenters. The Labute approximate surface area is 171 Å². The second kappa shape index (κ2) is 10.9. The SMILES string of the molecule is CC(C)c1ccc(OCC(=O)OCC(=O)NC(=O)c2ccc(OC(F)F)cc2)cc1. The van der Waals surface area contributed by atoms with Crippen molar-refractivity contribution in [3.63, 3.8) is 0 Å². The van der Waals surface area contributed by atoms with Crippen molar-refractivity contribution in [2.75, 3.05) is 13.2 Å². The second-order valence-electron chi connectivity index (χ2n) is 6.45. The molecule has 0 aliphatic carbocycles. The maximum absolute atomic E-state index is 12.1. The van der Waals surface area contributed by atoms with Crippen LogP contribution in [0.25, 0.3) is 0 Å². The van der Waals surface area contributed by atoms with Gasteiger partial charge in [-0.3, -0.25) is 14.9 Å². The molecule has 0 atom stereocenters. The van der Waals surface area contributed by atoms with Crippen LogP contribution in [0.15, 0.2) is 48.5 Å². The van der Waals surface area contributed by atoms with Gasteiger partial charge in [0.05, 0.1) is 0 Å². The molecule has 2 aromatic rings. The fourth-order valence-electron chi connectivity index (χ4n) is 2.30. The number of alkyl halides is 2. The van der Waals surface area contributed by atoms with Gasteiger partial charge in [-0.2, -0.15) is 8.78 Å². The summed E-state index contributed by atoms with van der Waals surface area (Å²) in [5, 5.41) is 2.02. The highest BCUT2D eigenvalue weighted by Gasteiger charge is 2.14. The molecule has 0 saturated carbocycles. The molecule has 0 radical (unpaired) electrons. The molecule has 2 aromatic carbocycles. The minimum Gasteiger partial charge on any atom is -0.482 e. The van der Waals surface area contributed by atoms with Crippen LogP contribution in [0, 0.1) is 0 Å². The molecule has 0 spiro atoms. The van der Waals surface area contributed by atoms with Crippen molar-refractivity contribution >= 4 is 17.8 Å². The lowest BCUT2D eigenvalue weighted by molar-refractivity contribution is -0.150. The van der Waals surface area contributed by atoms with E-state index in [0.29, 0.717) is 11.7 Å². The summed E-state index contributed by atoms with van der Waals surface area (Å²) in [4.78, 5) is 35.4. The summed E-state index contributed by atoms with van der Waals surface area (Å²) in [7, 11) is 0. The first-order valence-corrected chi connectivity index (χ1v) is 9.02. The molecule has 0 bridgehead atoms. The number of carbonyl (C=O) groups excluding carboxylic acids is 3. The predicted molar refractivity (Wildman–Crippen MR) is 103 cm³/mol. The Kier molecular flexibility index (Phi) is 8.28. The first-order valence-electron chi connectivity index (χ1n) is 9.02. The van der Waals surface area contributed by atoms with Gasteiger partial charge in [0, 0.05) is 5.56 Å². The van der Waals surface area contributed by atoms with Crippen molar-refractivity contribution in [3.05, 3.63) is 59.7 Å². The molecule has 9 heteroatoms. The lowest BCUT2D eigenvalue weighted by Crippen LogP contribution is -2.34. The Balaban J connectivity index is 1.72. The largest absolute Gasteiger partial charge is 0.482 e. The average Bonchev–Trinajstić information content (AvgIpc) is 2.71. The van der Waals surface area contributed by atoms with Gasteiger partial charge in [-0.05, 0) is 47.9 Å². The Morgan fingerprint density at radius 3 is 2.07 bits per heavy atom. The van der Waals surface area contributed by atoms with Gasteiger partial charge < -0.3 is 14.2 Å². The van der Waals surface area contributed by atoms with E-state index >= 15 is 0 Å². The first-order chi connectivity index (χ1) is 14.2. The van der Waals surface area contributed by atoms with Crippen LogP contribution in [0.1, 0.15) is 35.7 Å². The number of ether oxygens (including phenoxy) is 3. The van der Waals surface area contributed by atoms with Gasteiger partial charge in [0.25, 0.3) is 11.8 Å². The summed E-state index contributed by atoms with van der Waals surface area (Å²) in [6, 6.07) is 12.0. The van der Waals surface area contributed by atoms with Crippen LogP contribution in [0.2, 0.25) is 0 Å². The van der Waals surface area contributed by atoms with Gasteiger partial charge in [-0.25, -0.2) is 4.79 Å². The summed E-state index contributed by atoms with van der Waals surface area (Å²) in [6.07, 6.45) is 0. The molecule has 0 saturated heterocycles. The van der Waals surface area contributed by atoms with E-state index < -0.39 is 37.6 Å². The number of imide groups is 1. The van der Waals surface area contributed by atoms with Gasteiger partial charge in [-0.1, -0.05) is 26.0 Å². The Morgan fingerprint density at radius 1 is 0.900 bits per heavy atom. The zero-order valence-electron chi connectivity index (χ0n) is 16.4. The van der Waals surface area contributed by atoms with Crippen LogP contribution in [-0.2, 0) is 14.3 Å². The number of hydrogen-bond donors (Lipinski definition) is 1. The Morgan fingerprint density at radius 2 is 1.50 bits per heavy atom. The van der Waals surface area contributed by atoms with E-state index in [1.54, 1.807) is 12.1 Å². The van der Waals surface area contributed by atoms with Crippen molar-refractivity contribution < 1.29 is 37.4 Å². The molecular formula is C21H21F2NO6. The Hall–Kier alpha value is -3.49. The molecule has 30 heavy (non-hydrogen) atoms. The fraction of sp³-hybridized carbons (Fsp3) is 0.286. The molecule has 0 heterocycles. The van der Waals surface area contributed by atoms with E-state index in [4.69, 9.17) is 9.47 Å². The van der Waals surface area contributed by atoms with Gasteiger partial charge in [0.1, 0.15) is 11.5 Å². The van der Waals surface area contributed by atoms with Crippen LogP contribution >= 0.6 is 0 Å². The molecular weight excluding hydrogens is 400 g/mol. The highest BCUT2D eigenvalue weighted by Crippen LogP contribution is 2.18. The highest BCUT2D eigenvalue weighted by atomic mass is 19.3. The number of nitrogens with one attached hydrogen (secondary N) is 1. The number of benzene rings is 2. The maximum Gasteiger partial charge on any atom is 0.387 e. The Bertz CT molecular complexity index is 866. The maximum atomic E-state index is 12.1. The van der Waals surface area contributed by atoms with Gasteiger partial charge in [0.2, 0.25) is 0 Å². The topological polar surface area (TPSA) is 90.9 Å². The predicted octanol–water partition coefficient (Wildman–Crippen LogP) is 3.29. The standard InChI is InChI=1S/C21H21F2NO6/c1-13(2)14-3-7-16(8-4-14)28-12-19(26)29-11-18(25)24-20(27)15-5-9-17(10-6-15)30-21(22)23/h3-10,13,21H,11-12H2,1-2H3,(H,24,25,27). The van der Waals surface area contributed by atoms with Crippen molar-refractivity contribution in [2.45, 2.75) is 26.4 Å². The van der Waals surface area contributed by atoms with Crippen molar-refractivity contribution in [1.82, 2.24) is 5.32 Å². The summed E-state index contributed by atoms with van der Waals surface area (Å²) in [5.74, 6) is -1.67. The molecule has 0 aliphatic heterocycles. The normalized spacial score (nSPS) is 10.6. The van der Waals surface area contributed by atoms with Crippen molar-refractivity contribution in [3.8, 4) is 11.5 Å². The van der Waals surface area contributed by atoms with Crippen LogP contribution in [0.4, 0.5) is 8.78 Å². The lowest BCUT2D eigenvalue weighted by Gasteiger charge is -2.09. The number of esters is 1. The molecule has 2 amide bonds. The highest BCUT2D eigenvalue weighted by molar-refractivity contribution is 6.05. The van der Waals surface area contributed by atoms with Crippen LogP contribution < -0.4 is 14.8 Å². The average molecular weight is 421 g/mol. The van der Waals surface area contributed by atoms with E-state index in [1.165, 1.54) is 12.1 Å². The molecule has 160 valence electrons. The van der Waals surface area contributed by atoms with Crippen LogP contribution in [0.5, 0.6) is 11.5 Å². The fourth-order valence-corrected chi connectivity index (χ4v) is 2.30. The third-order valence-electron chi connectivity index (χ3n) is 3.86. The van der Waals surface area contributed by atoms with Gasteiger partial charge in [0.15, 0.2) is 13.2 Å². The minimum atomic E-state index is -2.98. The molecule has 1 N–H and O–H groups in total. The van der Waals surface area contributed by atoms with Gasteiger partial charge >= 0.3 is 12.6 Å². The molecule has 0 aliphatic rings. The monoisotopic (exact) mass is 421 g/mol. The van der Waals surface area contributed by atoms with E-state index in [1.807, 2.05) is 17.4 Å². The molecule has 0 aromatic heterocycles. The number of hydrogen-bond acceptors (Lipinski definition) is 6. The third-order valence-corrected chi connectivity index (χ3v) is 3.86. The molecule has 0 fully saturated rings. The summed E-state index contributed by atoms with van der Waals surface area (Å²) >= 11 is 0. The number of rotatable bonds is 9. The van der Waals surface area contributed by atoms with E-state index in [2.05, 4.69) is 18.6 Å². The van der Waals surface area contributed by atoms with E-state index in [-0.39, 0.29) is 11.3 Å². The van der Waals surface area contributed by atoms with E-state index in [0.717, 1.165) is 17.7 Å². The lowest BCUT2D eigenvalue weighted by atomic mass is 10.0. The van der Waals surface area contributed by atoms with Crippen molar-refractivity contribution in [1.29, 1.82) is 0 Å². The number of carbonyl (C=O) groups is 3. The summed E-state index contributed by atoms with van der Waals surface area (Å²) < 4.78 is 38.4. The smallest absolute Gasteiger partial charge is 0.387 e. The summed E-state index contributed by atoms with van der Waals surface area (Å²) in [5.41, 5.74) is 1.17. The zero-order chi connectivity index (χ0) is 22.1. The number of halogens is 2. The minimum absolute atomic E-state index is 0.0458. The van der Waals surface area contributed by atoms with Gasteiger partial charge in [-0.15, -0.1) is 0 Å². The third kappa shape index (κ3) is 7.50. The second-order valence-corrected chi connectivity index (χ2v) is 6.45. The first kappa shape index (κ1) is 22.8.